The number of hydrogen-bond acceptors (Lipinski definition) is 4. The van der Waals surface area contributed by atoms with Gasteiger partial charge in [0.15, 0.2) is 0 Å². The molecule has 0 radical (unpaired) electrons. The fourth-order valence-electron chi connectivity index (χ4n) is 1.03. The first-order valence-corrected chi connectivity index (χ1v) is 3.88. The number of rotatable bonds is 4. The maximum Gasteiger partial charge on any atom is 0.295 e. The normalized spacial score (nSPS) is 18.5. The van der Waals surface area contributed by atoms with Crippen LogP contribution in [-0.4, -0.2) is 30.7 Å². The second-order valence-electron chi connectivity index (χ2n) is 2.60. The lowest BCUT2D eigenvalue weighted by molar-refractivity contribution is -0.141. The number of halogens is 1. The molecule has 0 bridgehead atoms. The maximum atomic E-state index is 12.7. The molecule has 0 amide bonds. The van der Waals surface area contributed by atoms with Crippen LogP contribution in [0.5, 0.6) is 0 Å². The van der Waals surface area contributed by atoms with E-state index >= 15 is 0 Å². The minimum absolute atomic E-state index is 0.0439. The van der Waals surface area contributed by atoms with E-state index in [1.54, 1.807) is 0 Å². The van der Waals surface area contributed by atoms with E-state index in [9.17, 15) is 14.3 Å². The number of aliphatic hydroxyl groups is 1. The summed E-state index contributed by atoms with van der Waals surface area (Å²) in [6, 6.07) is 0. The standard InChI is InChI=1S/C8H10FNO3/c9-8(13-5-11)3-6-4-10-2-1-7(6)12/h4-5,8,12H,1-3H2. The largest absolute Gasteiger partial charge is 0.512 e. The number of aliphatic hydroxyl groups excluding tert-OH is 1. The molecule has 1 heterocycles. The van der Waals surface area contributed by atoms with E-state index in [1.165, 1.54) is 6.21 Å². The Morgan fingerprint density at radius 1 is 1.85 bits per heavy atom. The first-order chi connectivity index (χ1) is 6.24. The van der Waals surface area contributed by atoms with Crippen molar-refractivity contribution < 1.29 is 19.0 Å². The minimum Gasteiger partial charge on any atom is -0.512 e. The number of carbonyl (C=O) groups excluding carboxylic acids is 1. The van der Waals surface area contributed by atoms with Crippen LogP contribution in [0.25, 0.3) is 0 Å². The molecule has 4 nitrogen and oxygen atoms in total. The summed E-state index contributed by atoms with van der Waals surface area (Å²) in [5.41, 5.74) is 0.389. The Hall–Kier alpha value is -1.39. The van der Waals surface area contributed by atoms with E-state index in [0.717, 1.165) is 0 Å². The molecule has 72 valence electrons. The predicted octanol–water partition coefficient (Wildman–Crippen LogP) is 1.13. The van der Waals surface area contributed by atoms with E-state index in [1.807, 2.05) is 0 Å². The third-order valence-electron chi connectivity index (χ3n) is 1.68. The second-order valence-corrected chi connectivity index (χ2v) is 2.60. The molecule has 0 aromatic heterocycles. The molecule has 0 saturated carbocycles. The number of dihydropyridines is 1. The van der Waals surface area contributed by atoms with Crippen molar-refractivity contribution >= 4 is 12.7 Å². The molecular weight excluding hydrogens is 177 g/mol. The Morgan fingerprint density at radius 2 is 2.62 bits per heavy atom. The molecule has 0 aromatic carbocycles. The number of alkyl halides is 1. The topological polar surface area (TPSA) is 58.9 Å². The van der Waals surface area contributed by atoms with Crippen molar-refractivity contribution in [1.29, 1.82) is 0 Å². The summed E-state index contributed by atoms with van der Waals surface area (Å²) in [5.74, 6) is 0.118. The molecule has 0 aliphatic carbocycles. The lowest BCUT2D eigenvalue weighted by Crippen LogP contribution is -2.11. The molecule has 1 aliphatic rings. The molecule has 1 N–H and O–H groups in total. The summed E-state index contributed by atoms with van der Waals surface area (Å²) in [4.78, 5) is 13.6. The summed E-state index contributed by atoms with van der Waals surface area (Å²) in [5, 5.41) is 9.26. The van der Waals surface area contributed by atoms with Gasteiger partial charge in [0.05, 0.1) is 5.76 Å². The third kappa shape index (κ3) is 2.85. The molecule has 1 unspecified atom stereocenters. The molecule has 1 atom stereocenters. The van der Waals surface area contributed by atoms with Crippen molar-refractivity contribution in [2.45, 2.75) is 19.2 Å². The van der Waals surface area contributed by atoms with E-state index in [2.05, 4.69) is 9.73 Å². The zero-order chi connectivity index (χ0) is 9.68. The summed E-state index contributed by atoms with van der Waals surface area (Å²) in [7, 11) is 0. The lowest BCUT2D eigenvalue weighted by atomic mass is 10.1. The Morgan fingerprint density at radius 3 is 3.23 bits per heavy atom. The zero-order valence-corrected chi connectivity index (χ0v) is 6.94. The Labute approximate surface area is 74.7 Å². The van der Waals surface area contributed by atoms with Gasteiger partial charge in [0.2, 0.25) is 6.36 Å². The summed E-state index contributed by atoms with van der Waals surface area (Å²) in [6.07, 6.45) is -0.0352. The third-order valence-corrected chi connectivity index (χ3v) is 1.68. The monoisotopic (exact) mass is 187 g/mol. The van der Waals surface area contributed by atoms with Gasteiger partial charge in [-0.1, -0.05) is 0 Å². The summed E-state index contributed by atoms with van der Waals surface area (Å²) < 4.78 is 16.7. The molecule has 1 rings (SSSR count). The number of aliphatic imine (C=N–C) groups is 1. The van der Waals surface area contributed by atoms with E-state index < -0.39 is 6.36 Å². The van der Waals surface area contributed by atoms with Crippen molar-refractivity contribution in [1.82, 2.24) is 0 Å². The quantitative estimate of drug-likeness (QED) is 0.671. The smallest absolute Gasteiger partial charge is 0.295 e. The fourth-order valence-corrected chi connectivity index (χ4v) is 1.03. The molecule has 5 heteroatoms. The number of ether oxygens (including phenoxy) is 1. The predicted molar refractivity (Wildman–Crippen MR) is 44.3 cm³/mol. The van der Waals surface area contributed by atoms with Gasteiger partial charge in [-0.3, -0.25) is 9.79 Å². The van der Waals surface area contributed by atoms with Crippen LogP contribution in [0.1, 0.15) is 12.8 Å². The van der Waals surface area contributed by atoms with Gasteiger partial charge in [-0.25, -0.2) is 4.39 Å². The van der Waals surface area contributed by atoms with Crippen LogP contribution >= 0.6 is 0 Å². The molecular formula is C8H10FNO3. The average molecular weight is 187 g/mol. The summed E-state index contributed by atoms with van der Waals surface area (Å²) >= 11 is 0. The molecule has 0 saturated heterocycles. The van der Waals surface area contributed by atoms with Gasteiger partial charge in [-0.2, -0.15) is 0 Å². The van der Waals surface area contributed by atoms with Crippen LogP contribution in [0.3, 0.4) is 0 Å². The Kier molecular flexibility index (Phi) is 3.42. The van der Waals surface area contributed by atoms with Crippen LogP contribution in [0.4, 0.5) is 4.39 Å². The van der Waals surface area contributed by atoms with Gasteiger partial charge in [0, 0.05) is 31.2 Å². The molecule has 13 heavy (non-hydrogen) atoms. The minimum atomic E-state index is -1.71. The highest BCUT2D eigenvalue weighted by molar-refractivity contribution is 5.80. The van der Waals surface area contributed by atoms with Gasteiger partial charge in [0.1, 0.15) is 0 Å². The molecule has 1 aliphatic heterocycles. The van der Waals surface area contributed by atoms with Crippen molar-refractivity contribution in [2.24, 2.45) is 4.99 Å². The Balaban J connectivity index is 2.51. The highest BCUT2D eigenvalue weighted by Gasteiger charge is 2.14. The number of nitrogens with zero attached hydrogens (tertiary/aromatic N) is 1. The number of hydrogen-bond donors (Lipinski definition) is 1. The van der Waals surface area contributed by atoms with Gasteiger partial charge in [-0.05, 0) is 0 Å². The van der Waals surface area contributed by atoms with Gasteiger partial charge < -0.3 is 9.84 Å². The fraction of sp³-hybridized carbons (Fsp3) is 0.500. The highest BCUT2D eigenvalue weighted by Crippen LogP contribution is 2.16. The molecule has 0 fully saturated rings. The summed E-state index contributed by atoms with van der Waals surface area (Å²) in [6.45, 7) is 0.559. The Bertz CT molecular complexity index is 250. The van der Waals surface area contributed by atoms with Crippen LogP contribution in [0.15, 0.2) is 16.3 Å². The van der Waals surface area contributed by atoms with E-state index in [0.29, 0.717) is 18.5 Å². The van der Waals surface area contributed by atoms with Crippen molar-refractivity contribution in [3.05, 3.63) is 11.3 Å². The first-order valence-electron chi connectivity index (χ1n) is 3.88. The van der Waals surface area contributed by atoms with Gasteiger partial charge >= 0.3 is 0 Å². The SMILES string of the molecule is O=COC(F)CC1=C(O)CCN=C1. The second kappa shape index (κ2) is 4.59. The van der Waals surface area contributed by atoms with Crippen LogP contribution in [0.2, 0.25) is 0 Å². The molecule has 0 aromatic rings. The maximum absolute atomic E-state index is 12.7. The average Bonchev–Trinajstić information content (AvgIpc) is 2.09. The highest BCUT2D eigenvalue weighted by atomic mass is 19.1. The molecule has 0 spiro atoms. The van der Waals surface area contributed by atoms with Crippen molar-refractivity contribution in [3.63, 3.8) is 0 Å². The van der Waals surface area contributed by atoms with Crippen LogP contribution in [0, 0.1) is 0 Å². The first kappa shape index (κ1) is 9.70. The van der Waals surface area contributed by atoms with Crippen LogP contribution < -0.4 is 0 Å². The zero-order valence-electron chi connectivity index (χ0n) is 6.94. The van der Waals surface area contributed by atoms with E-state index in [-0.39, 0.29) is 18.7 Å². The van der Waals surface area contributed by atoms with E-state index in [4.69, 9.17) is 0 Å². The van der Waals surface area contributed by atoms with Crippen molar-refractivity contribution in [2.75, 3.05) is 6.54 Å². The number of carbonyl (C=O) groups is 1. The van der Waals surface area contributed by atoms with Crippen molar-refractivity contribution in [3.8, 4) is 0 Å². The van der Waals surface area contributed by atoms with Gasteiger partial charge in [-0.15, -0.1) is 0 Å². The van der Waals surface area contributed by atoms with Gasteiger partial charge in [0.25, 0.3) is 6.47 Å². The lowest BCUT2D eigenvalue weighted by Gasteiger charge is -2.11. The van der Waals surface area contributed by atoms with Crippen LogP contribution in [-0.2, 0) is 9.53 Å².